The highest BCUT2D eigenvalue weighted by Crippen LogP contribution is 2.21. The van der Waals surface area contributed by atoms with E-state index in [1.807, 2.05) is 34.9 Å². The minimum absolute atomic E-state index is 0.266. The molecule has 1 N–H and O–H groups in total. The number of aromatic nitrogens is 4. The maximum absolute atomic E-state index is 11.7. The largest absolute Gasteiger partial charge is 0.465 e. The zero-order valence-electron chi connectivity index (χ0n) is 13.5. The van der Waals surface area contributed by atoms with Crippen molar-refractivity contribution in [3.8, 4) is 0 Å². The van der Waals surface area contributed by atoms with Crippen LogP contribution in [0.5, 0.6) is 0 Å². The van der Waals surface area contributed by atoms with Crippen molar-refractivity contribution in [2.45, 2.75) is 12.4 Å². The quantitative estimate of drug-likeness (QED) is 0.450. The van der Waals surface area contributed by atoms with E-state index in [2.05, 4.69) is 15.0 Å². The fraction of sp³-hybridized carbons (Fsp3) is 0.167. The SMILES string of the molecule is COC(=O)c1ccc2c(c1)nc(CCl)n2Cc1nc2ccccc2[nH]1. The number of carbonyl (C=O) groups excluding carboxylic acids is 1. The first-order chi connectivity index (χ1) is 12.2. The second-order valence-corrected chi connectivity index (χ2v) is 5.91. The highest BCUT2D eigenvalue weighted by Gasteiger charge is 2.15. The summed E-state index contributed by atoms with van der Waals surface area (Å²) < 4.78 is 6.76. The molecule has 0 amide bonds. The lowest BCUT2D eigenvalue weighted by molar-refractivity contribution is 0.0601. The molecule has 126 valence electrons. The van der Waals surface area contributed by atoms with Gasteiger partial charge in [-0.25, -0.2) is 14.8 Å². The monoisotopic (exact) mass is 354 g/mol. The fourth-order valence-electron chi connectivity index (χ4n) is 2.93. The number of carbonyl (C=O) groups is 1. The molecule has 4 rings (SSSR count). The number of hydrogen-bond acceptors (Lipinski definition) is 4. The van der Waals surface area contributed by atoms with E-state index in [4.69, 9.17) is 16.3 Å². The number of esters is 1. The Bertz CT molecular complexity index is 1050. The van der Waals surface area contributed by atoms with E-state index in [0.29, 0.717) is 17.6 Å². The molecule has 0 saturated carbocycles. The molecule has 4 aromatic rings. The Labute approximate surface area is 148 Å². The average Bonchev–Trinajstić information content (AvgIpc) is 3.21. The molecule has 0 radical (unpaired) electrons. The van der Waals surface area contributed by atoms with Gasteiger partial charge in [0.1, 0.15) is 11.6 Å². The van der Waals surface area contributed by atoms with Gasteiger partial charge in [-0.05, 0) is 30.3 Å². The van der Waals surface area contributed by atoms with Crippen LogP contribution >= 0.6 is 11.6 Å². The second-order valence-electron chi connectivity index (χ2n) is 5.64. The average molecular weight is 355 g/mol. The van der Waals surface area contributed by atoms with E-state index >= 15 is 0 Å². The van der Waals surface area contributed by atoms with Gasteiger partial charge in [0, 0.05) is 0 Å². The number of fused-ring (bicyclic) bond motifs is 2. The molecule has 0 fully saturated rings. The molecule has 2 aromatic carbocycles. The number of alkyl halides is 1. The molecule has 0 aliphatic heterocycles. The zero-order chi connectivity index (χ0) is 17.4. The van der Waals surface area contributed by atoms with E-state index in [1.165, 1.54) is 7.11 Å². The van der Waals surface area contributed by atoms with Gasteiger partial charge in [0.25, 0.3) is 0 Å². The van der Waals surface area contributed by atoms with Crippen LogP contribution in [-0.2, 0) is 17.2 Å². The smallest absolute Gasteiger partial charge is 0.337 e. The number of hydrogen-bond donors (Lipinski definition) is 1. The Morgan fingerprint density at radius 2 is 2.04 bits per heavy atom. The van der Waals surface area contributed by atoms with Crippen molar-refractivity contribution >= 4 is 39.6 Å². The second kappa shape index (κ2) is 6.22. The summed E-state index contributed by atoms with van der Waals surface area (Å²) in [5.41, 5.74) is 3.97. The van der Waals surface area contributed by atoms with Crippen LogP contribution in [0.15, 0.2) is 42.5 Å². The van der Waals surface area contributed by atoms with Crippen molar-refractivity contribution < 1.29 is 9.53 Å². The van der Waals surface area contributed by atoms with Gasteiger partial charge in [0.2, 0.25) is 0 Å². The van der Waals surface area contributed by atoms with Crippen LogP contribution in [-0.4, -0.2) is 32.6 Å². The first kappa shape index (κ1) is 15.7. The number of para-hydroxylation sites is 2. The molecule has 0 saturated heterocycles. The highest BCUT2D eigenvalue weighted by atomic mass is 35.5. The molecule has 0 unspecified atom stereocenters. The summed E-state index contributed by atoms with van der Waals surface area (Å²) in [4.78, 5) is 24.2. The number of rotatable bonds is 4. The normalized spacial score (nSPS) is 11.3. The van der Waals surface area contributed by atoms with E-state index in [-0.39, 0.29) is 11.8 Å². The summed E-state index contributed by atoms with van der Waals surface area (Å²) in [6.45, 7) is 0.519. The van der Waals surface area contributed by atoms with Crippen molar-refractivity contribution in [2.75, 3.05) is 7.11 Å². The van der Waals surface area contributed by atoms with Gasteiger partial charge in [0.15, 0.2) is 0 Å². The van der Waals surface area contributed by atoms with Crippen LogP contribution in [0.25, 0.3) is 22.1 Å². The number of aromatic amines is 1. The number of methoxy groups -OCH3 is 1. The third kappa shape index (κ3) is 2.74. The Hall–Kier alpha value is -2.86. The lowest BCUT2D eigenvalue weighted by Crippen LogP contribution is -2.05. The molecule has 0 atom stereocenters. The van der Waals surface area contributed by atoms with Crippen molar-refractivity contribution in [2.24, 2.45) is 0 Å². The van der Waals surface area contributed by atoms with Crippen LogP contribution in [0, 0.1) is 0 Å². The number of imidazole rings is 2. The van der Waals surface area contributed by atoms with Gasteiger partial charge in [-0.15, -0.1) is 11.6 Å². The molecule has 6 nitrogen and oxygen atoms in total. The van der Waals surface area contributed by atoms with E-state index < -0.39 is 0 Å². The van der Waals surface area contributed by atoms with E-state index in [0.717, 1.165) is 28.2 Å². The lowest BCUT2D eigenvalue weighted by atomic mass is 10.2. The van der Waals surface area contributed by atoms with Gasteiger partial charge in [-0.2, -0.15) is 0 Å². The highest BCUT2D eigenvalue weighted by molar-refractivity contribution is 6.16. The molecule has 2 aromatic heterocycles. The van der Waals surface area contributed by atoms with Gasteiger partial charge >= 0.3 is 5.97 Å². The van der Waals surface area contributed by atoms with Crippen LogP contribution in [0.4, 0.5) is 0 Å². The number of ether oxygens (including phenoxy) is 1. The lowest BCUT2D eigenvalue weighted by Gasteiger charge is -2.05. The van der Waals surface area contributed by atoms with Crippen LogP contribution in [0.1, 0.15) is 22.0 Å². The van der Waals surface area contributed by atoms with Crippen molar-refractivity contribution in [3.05, 3.63) is 59.7 Å². The van der Waals surface area contributed by atoms with Crippen molar-refractivity contribution in [1.29, 1.82) is 0 Å². The van der Waals surface area contributed by atoms with Crippen LogP contribution in [0.3, 0.4) is 0 Å². The van der Waals surface area contributed by atoms with Gasteiger partial charge < -0.3 is 14.3 Å². The van der Waals surface area contributed by atoms with Crippen molar-refractivity contribution in [3.63, 3.8) is 0 Å². The Morgan fingerprint density at radius 1 is 1.20 bits per heavy atom. The summed E-state index contributed by atoms with van der Waals surface area (Å²) in [6.07, 6.45) is 0. The minimum Gasteiger partial charge on any atom is -0.465 e. The van der Waals surface area contributed by atoms with Crippen molar-refractivity contribution in [1.82, 2.24) is 19.5 Å². The number of benzene rings is 2. The molecule has 2 heterocycles. The molecular weight excluding hydrogens is 340 g/mol. The fourth-order valence-corrected chi connectivity index (χ4v) is 3.14. The number of halogens is 1. The topological polar surface area (TPSA) is 72.8 Å². The minimum atomic E-state index is -0.388. The summed E-state index contributed by atoms with van der Waals surface area (Å²) in [5, 5.41) is 0. The summed E-state index contributed by atoms with van der Waals surface area (Å²) in [7, 11) is 1.36. The van der Waals surface area contributed by atoms with Crippen LogP contribution in [0.2, 0.25) is 0 Å². The van der Waals surface area contributed by atoms with E-state index in [9.17, 15) is 4.79 Å². The molecule has 0 spiro atoms. The Kier molecular flexibility index (Phi) is 3.89. The molecule has 0 aliphatic rings. The predicted molar refractivity (Wildman–Crippen MR) is 95.8 cm³/mol. The molecule has 0 bridgehead atoms. The first-order valence-electron chi connectivity index (χ1n) is 7.76. The third-order valence-electron chi connectivity index (χ3n) is 4.11. The summed E-state index contributed by atoms with van der Waals surface area (Å²) >= 11 is 6.07. The van der Waals surface area contributed by atoms with E-state index in [1.54, 1.807) is 12.1 Å². The molecular formula is C18H15ClN4O2. The van der Waals surface area contributed by atoms with Crippen LogP contribution < -0.4 is 0 Å². The number of H-pyrrole nitrogens is 1. The van der Waals surface area contributed by atoms with Gasteiger partial charge in [0.05, 0.1) is 47.2 Å². The zero-order valence-corrected chi connectivity index (χ0v) is 14.2. The molecule has 25 heavy (non-hydrogen) atoms. The number of nitrogens with one attached hydrogen (secondary N) is 1. The summed E-state index contributed by atoms with van der Waals surface area (Å²) in [5.74, 6) is 1.42. The van der Waals surface area contributed by atoms with Gasteiger partial charge in [-0.1, -0.05) is 12.1 Å². The predicted octanol–water partition coefficient (Wildman–Crippen LogP) is 3.49. The molecule has 0 aliphatic carbocycles. The standard InChI is InChI=1S/C18H15ClN4O2/c1-25-18(24)11-6-7-15-14(8-11)22-17(9-19)23(15)10-16-20-12-4-2-3-5-13(12)21-16/h2-8H,9-10H2,1H3,(H,20,21). The van der Waals surface area contributed by atoms with Gasteiger partial charge in [-0.3, -0.25) is 0 Å². The Morgan fingerprint density at radius 3 is 2.80 bits per heavy atom. The Balaban J connectivity index is 1.78. The first-order valence-corrected chi connectivity index (χ1v) is 8.30. The summed E-state index contributed by atoms with van der Waals surface area (Å²) in [6, 6.07) is 13.2. The molecule has 7 heteroatoms. The number of nitrogens with zero attached hydrogens (tertiary/aromatic N) is 3. The maximum atomic E-state index is 11.7. The maximum Gasteiger partial charge on any atom is 0.337 e. The third-order valence-corrected chi connectivity index (χ3v) is 4.35.